The van der Waals surface area contributed by atoms with E-state index in [9.17, 15) is 19.5 Å². The minimum absolute atomic E-state index is 0.387. The first-order valence-electron chi connectivity index (χ1n) is 7.91. The molecule has 0 aliphatic heterocycles. The molecule has 7 nitrogen and oxygen atoms in total. The fourth-order valence-corrected chi connectivity index (χ4v) is 2.65. The van der Waals surface area contributed by atoms with Crippen LogP contribution in [0, 0.1) is 13.8 Å². The van der Waals surface area contributed by atoms with Gasteiger partial charge in [-0.15, -0.1) is 0 Å². The average Bonchev–Trinajstić information content (AvgIpc) is 2.59. The molecule has 0 aliphatic carbocycles. The van der Waals surface area contributed by atoms with Gasteiger partial charge in [0.05, 0.1) is 5.69 Å². The third kappa shape index (κ3) is 3.02. The summed E-state index contributed by atoms with van der Waals surface area (Å²) < 4.78 is 0.920. The zero-order valence-electron chi connectivity index (χ0n) is 14.2. The Hall–Kier alpha value is -3.61. The second kappa shape index (κ2) is 6.72. The molecule has 0 radical (unpaired) electrons. The summed E-state index contributed by atoms with van der Waals surface area (Å²) in [6.45, 7) is 3.64. The summed E-state index contributed by atoms with van der Waals surface area (Å²) in [7, 11) is 0. The van der Waals surface area contributed by atoms with Crippen molar-refractivity contribution >= 4 is 11.6 Å². The maximum absolute atomic E-state index is 12.5. The first kappa shape index (κ1) is 17.2. The smallest absolute Gasteiger partial charge is 0.335 e. The van der Waals surface area contributed by atoms with Gasteiger partial charge in [-0.3, -0.25) is 14.6 Å². The summed E-state index contributed by atoms with van der Waals surface area (Å²) in [5.74, 6) is -1.52. The van der Waals surface area contributed by atoms with E-state index in [4.69, 9.17) is 0 Å². The van der Waals surface area contributed by atoms with Crippen LogP contribution in [0.2, 0.25) is 0 Å². The van der Waals surface area contributed by atoms with Crippen LogP contribution in [0.5, 0.6) is 5.88 Å². The van der Waals surface area contributed by atoms with Gasteiger partial charge in [-0.25, -0.2) is 9.36 Å². The Labute approximate surface area is 148 Å². The van der Waals surface area contributed by atoms with Crippen LogP contribution in [-0.2, 0) is 0 Å². The van der Waals surface area contributed by atoms with Gasteiger partial charge >= 0.3 is 5.69 Å². The number of hydrogen-bond acceptors (Lipinski definition) is 4. The molecule has 1 amide bonds. The van der Waals surface area contributed by atoms with Gasteiger partial charge in [-0.2, -0.15) is 0 Å². The molecule has 3 N–H and O–H groups in total. The highest BCUT2D eigenvalue weighted by Crippen LogP contribution is 2.22. The van der Waals surface area contributed by atoms with Crippen molar-refractivity contribution in [3.63, 3.8) is 0 Å². The number of H-pyrrole nitrogens is 1. The normalized spacial score (nSPS) is 10.5. The molecule has 0 saturated heterocycles. The van der Waals surface area contributed by atoms with Crippen LogP contribution in [0.3, 0.4) is 0 Å². The van der Waals surface area contributed by atoms with Gasteiger partial charge in [-0.1, -0.05) is 30.3 Å². The largest absolute Gasteiger partial charge is 0.493 e. The quantitative estimate of drug-likeness (QED) is 0.672. The van der Waals surface area contributed by atoms with Crippen molar-refractivity contribution in [1.29, 1.82) is 0 Å². The number of aromatic amines is 1. The van der Waals surface area contributed by atoms with Crippen LogP contribution in [0.15, 0.2) is 58.1 Å². The monoisotopic (exact) mass is 351 g/mol. The lowest BCUT2D eigenvalue weighted by molar-refractivity contribution is 0.102. The summed E-state index contributed by atoms with van der Waals surface area (Å²) in [4.78, 5) is 39.0. The third-order valence-electron chi connectivity index (χ3n) is 4.16. The minimum Gasteiger partial charge on any atom is -0.493 e. The number of carbonyl (C=O) groups is 1. The van der Waals surface area contributed by atoms with E-state index in [1.807, 2.05) is 13.0 Å². The first-order chi connectivity index (χ1) is 12.4. The maximum Gasteiger partial charge on any atom is 0.335 e. The van der Waals surface area contributed by atoms with Crippen LogP contribution in [0.4, 0.5) is 5.69 Å². The Morgan fingerprint density at radius 1 is 1.04 bits per heavy atom. The molecule has 3 aromatic rings. The van der Waals surface area contributed by atoms with E-state index in [-0.39, 0.29) is 0 Å². The molecule has 3 rings (SSSR count). The summed E-state index contributed by atoms with van der Waals surface area (Å²) in [5.41, 5.74) is 0.175. The molecule has 0 spiro atoms. The number of aromatic hydroxyl groups is 1. The molecule has 0 unspecified atom stereocenters. The molecular weight excluding hydrogens is 334 g/mol. The van der Waals surface area contributed by atoms with Crippen molar-refractivity contribution in [2.75, 3.05) is 5.32 Å². The minimum atomic E-state index is -0.956. The van der Waals surface area contributed by atoms with Crippen molar-refractivity contribution in [2.24, 2.45) is 0 Å². The predicted molar refractivity (Wildman–Crippen MR) is 98.2 cm³/mol. The number of carbonyl (C=O) groups excluding carboxylic acids is 1. The van der Waals surface area contributed by atoms with Gasteiger partial charge in [0, 0.05) is 5.69 Å². The number of aryl methyl sites for hydroxylation is 1. The first-order valence-corrected chi connectivity index (χ1v) is 7.91. The summed E-state index contributed by atoms with van der Waals surface area (Å²) >= 11 is 0. The third-order valence-corrected chi connectivity index (χ3v) is 4.16. The van der Waals surface area contributed by atoms with E-state index in [0.717, 1.165) is 15.7 Å². The zero-order chi connectivity index (χ0) is 18.8. The van der Waals surface area contributed by atoms with Gasteiger partial charge < -0.3 is 10.4 Å². The number of benzene rings is 2. The number of para-hydroxylation sites is 1. The number of nitrogens with one attached hydrogen (secondary N) is 2. The molecule has 26 heavy (non-hydrogen) atoms. The fourth-order valence-electron chi connectivity index (χ4n) is 2.65. The van der Waals surface area contributed by atoms with Gasteiger partial charge in [0.15, 0.2) is 5.56 Å². The summed E-state index contributed by atoms with van der Waals surface area (Å²) in [6.07, 6.45) is 0. The second-order valence-corrected chi connectivity index (χ2v) is 5.83. The Balaban J connectivity index is 2.16. The Bertz CT molecular complexity index is 1100. The van der Waals surface area contributed by atoms with E-state index in [0.29, 0.717) is 11.4 Å². The average molecular weight is 351 g/mol. The van der Waals surface area contributed by atoms with Gasteiger partial charge in [0.25, 0.3) is 11.5 Å². The molecule has 0 atom stereocenters. The number of amides is 1. The highest BCUT2D eigenvalue weighted by molar-refractivity contribution is 6.05. The molecule has 2 aromatic carbocycles. The van der Waals surface area contributed by atoms with Crippen molar-refractivity contribution in [2.45, 2.75) is 13.8 Å². The molecule has 132 valence electrons. The van der Waals surface area contributed by atoms with Crippen LogP contribution < -0.4 is 16.6 Å². The van der Waals surface area contributed by atoms with E-state index < -0.39 is 28.6 Å². The number of hydrogen-bond donors (Lipinski definition) is 3. The Morgan fingerprint density at radius 2 is 1.73 bits per heavy atom. The van der Waals surface area contributed by atoms with Crippen LogP contribution >= 0.6 is 0 Å². The molecular formula is C19H17N3O4. The van der Waals surface area contributed by atoms with Gasteiger partial charge in [0.1, 0.15) is 0 Å². The number of anilines is 1. The van der Waals surface area contributed by atoms with Crippen molar-refractivity contribution in [1.82, 2.24) is 9.55 Å². The van der Waals surface area contributed by atoms with Crippen LogP contribution in [0.1, 0.15) is 21.5 Å². The summed E-state index contributed by atoms with van der Waals surface area (Å²) in [6, 6.07) is 13.7. The predicted octanol–water partition coefficient (Wildman–Crippen LogP) is 2.10. The second-order valence-electron chi connectivity index (χ2n) is 5.83. The lowest BCUT2D eigenvalue weighted by atomic mass is 10.1. The molecule has 7 heteroatoms. The fraction of sp³-hybridized carbons (Fsp3) is 0.105. The highest BCUT2D eigenvalue weighted by atomic mass is 16.3. The number of aromatic nitrogens is 2. The molecule has 0 aliphatic rings. The van der Waals surface area contributed by atoms with Crippen molar-refractivity contribution < 1.29 is 9.90 Å². The van der Waals surface area contributed by atoms with Crippen LogP contribution in [0.25, 0.3) is 5.69 Å². The van der Waals surface area contributed by atoms with E-state index in [1.54, 1.807) is 49.4 Å². The molecule has 1 heterocycles. The maximum atomic E-state index is 12.5. The number of nitrogens with zero attached hydrogens (tertiary/aromatic N) is 1. The molecule has 0 bridgehead atoms. The number of rotatable bonds is 3. The lowest BCUT2D eigenvalue weighted by Gasteiger charge is -2.14. The molecule has 1 aromatic heterocycles. The Kier molecular flexibility index (Phi) is 4.45. The highest BCUT2D eigenvalue weighted by Gasteiger charge is 2.22. The standard InChI is InChI=1S/C19H17N3O4/c1-11-7-6-10-14(12(11)2)22-18(25)15(17(24)21-19(22)26)16(23)20-13-8-4-3-5-9-13/h3-10,25H,1-2H3,(H,20,23)(H,21,24,26). The molecule has 0 saturated carbocycles. The SMILES string of the molecule is Cc1cccc(-n2c(O)c(C(=O)Nc3ccccc3)c(=O)[nH]c2=O)c1C. The summed E-state index contributed by atoms with van der Waals surface area (Å²) in [5, 5.41) is 13.1. The van der Waals surface area contributed by atoms with Crippen molar-refractivity contribution in [3.05, 3.63) is 86.1 Å². The Morgan fingerprint density at radius 3 is 2.42 bits per heavy atom. The van der Waals surface area contributed by atoms with Gasteiger partial charge in [0.2, 0.25) is 5.88 Å². The van der Waals surface area contributed by atoms with Crippen LogP contribution in [-0.4, -0.2) is 20.6 Å². The van der Waals surface area contributed by atoms with Gasteiger partial charge in [-0.05, 0) is 43.2 Å². The van der Waals surface area contributed by atoms with E-state index in [1.165, 1.54) is 0 Å². The zero-order valence-corrected chi connectivity index (χ0v) is 14.2. The van der Waals surface area contributed by atoms with E-state index in [2.05, 4.69) is 10.3 Å². The topological polar surface area (TPSA) is 104 Å². The van der Waals surface area contributed by atoms with E-state index >= 15 is 0 Å². The lowest BCUT2D eigenvalue weighted by Crippen LogP contribution is -2.35. The van der Waals surface area contributed by atoms with Crippen molar-refractivity contribution in [3.8, 4) is 11.6 Å². The molecule has 0 fully saturated rings.